The predicted molar refractivity (Wildman–Crippen MR) is 121 cm³/mol. The van der Waals surface area contributed by atoms with Gasteiger partial charge in [-0.3, -0.25) is 9.48 Å². The smallest absolute Gasteiger partial charge is 0.350 e. The van der Waals surface area contributed by atoms with Crippen LogP contribution in [0.3, 0.4) is 0 Å². The zero-order valence-corrected chi connectivity index (χ0v) is 20.2. The number of hydrogen-bond donors (Lipinski definition) is 1. The second-order valence-electron chi connectivity index (χ2n) is 9.16. The zero-order chi connectivity index (χ0) is 26.0. The SMILES string of the molecule is CCn1nc(C(=O)NCC2CCC(C)CC2)c(Cl)c1-c1ccc(CCC(F)(F)F)cc1C(F)(F)F. The number of hydrogen-bond acceptors (Lipinski definition) is 2. The Labute approximate surface area is 205 Å². The molecule has 0 spiro atoms. The lowest BCUT2D eigenvalue weighted by Gasteiger charge is -2.26. The molecule has 1 aliphatic carbocycles. The second-order valence-corrected chi connectivity index (χ2v) is 9.53. The van der Waals surface area contributed by atoms with E-state index in [1.165, 1.54) is 10.7 Å². The molecule has 35 heavy (non-hydrogen) atoms. The standard InChI is InChI=1S/C24H28ClF6N3O/c1-3-34-21(17-9-8-15(10-11-23(26,27)28)12-18(17)24(29,30)31)19(25)20(33-34)22(35)32-13-16-6-4-14(2)5-7-16/h8-9,12,14,16H,3-7,10-11,13H2,1-2H3,(H,32,35). The van der Waals surface area contributed by atoms with Crippen molar-refractivity contribution >= 4 is 17.5 Å². The third-order valence-electron chi connectivity index (χ3n) is 6.44. The van der Waals surface area contributed by atoms with Crippen LogP contribution in [0.15, 0.2) is 18.2 Å². The van der Waals surface area contributed by atoms with Crippen LogP contribution in [0.5, 0.6) is 0 Å². The van der Waals surface area contributed by atoms with Gasteiger partial charge >= 0.3 is 12.4 Å². The summed E-state index contributed by atoms with van der Waals surface area (Å²) >= 11 is 6.40. The first kappa shape index (κ1) is 27.4. The largest absolute Gasteiger partial charge is 0.417 e. The molecule has 0 unspecified atom stereocenters. The van der Waals surface area contributed by atoms with Crippen LogP contribution in [0, 0.1) is 11.8 Å². The number of carbonyl (C=O) groups is 1. The number of aryl methyl sites for hydroxylation is 2. The molecule has 3 rings (SSSR count). The Morgan fingerprint density at radius 1 is 1.14 bits per heavy atom. The molecule has 1 aromatic carbocycles. The van der Waals surface area contributed by atoms with Crippen LogP contribution >= 0.6 is 11.6 Å². The minimum Gasteiger partial charge on any atom is -0.350 e. The number of alkyl halides is 6. The third-order valence-corrected chi connectivity index (χ3v) is 6.80. The van der Waals surface area contributed by atoms with Crippen molar-refractivity contribution in [1.82, 2.24) is 15.1 Å². The molecular weight excluding hydrogens is 496 g/mol. The molecule has 1 aliphatic rings. The van der Waals surface area contributed by atoms with Crippen molar-refractivity contribution in [2.45, 2.75) is 71.3 Å². The Morgan fingerprint density at radius 2 is 1.80 bits per heavy atom. The van der Waals surface area contributed by atoms with E-state index in [0.29, 0.717) is 24.4 Å². The molecule has 0 radical (unpaired) electrons. The molecule has 1 fully saturated rings. The maximum atomic E-state index is 13.9. The maximum Gasteiger partial charge on any atom is 0.417 e. The van der Waals surface area contributed by atoms with Crippen molar-refractivity contribution in [3.05, 3.63) is 40.0 Å². The van der Waals surface area contributed by atoms with Crippen LogP contribution in [0.1, 0.15) is 67.6 Å². The normalized spacial score (nSPS) is 19.1. The molecule has 1 amide bonds. The first-order valence-electron chi connectivity index (χ1n) is 11.6. The fraction of sp³-hybridized carbons (Fsp3) is 0.583. The van der Waals surface area contributed by atoms with Gasteiger partial charge in [0.2, 0.25) is 0 Å². The zero-order valence-electron chi connectivity index (χ0n) is 19.5. The molecule has 0 aliphatic heterocycles. The Hall–Kier alpha value is -2.23. The third kappa shape index (κ3) is 6.92. The molecule has 194 valence electrons. The highest BCUT2D eigenvalue weighted by Gasteiger charge is 2.37. The topological polar surface area (TPSA) is 46.9 Å². The summed E-state index contributed by atoms with van der Waals surface area (Å²) in [5.74, 6) is 0.405. The maximum absolute atomic E-state index is 13.9. The summed E-state index contributed by atoms with van der Waals surface area (Å²) in [7, 11) is 0. The summed E-state index contributed by atoms with van der Waals surface area (Å²) in [6.07, 6.45) is -7.03. The van der Waals surface area contributed by atoms with Crippen molar-refractivity contribution < 1.29 is 31.1 Å². The Bertz CT molecular complexity index is 1040. The first-order valence-corrected chi connectivity index (χ1v) is 12.0. The van der Waals surface area contributed by atoms with Gasteiger partial charge in [0, 0.05) is 25.1 Å². The van der Waals surface area contributed by atoms with Crippen molar-refractivity contribution in [3.63, 3.8) is 0 Å². The molecule has 1 N–H and O–H groups in total. The first-order chi connectivity index (χ1) is 16.3. The number of halogens is 7. The van der Waals surface area contributed by atoms with E-state index in [0.717, 1.165) is 31.7 Å². The molecule has 2 aromatic rings. The summed E-state index contributed by atoms with van der Waals surface area (Å²) in [6, 6.07) is 3.01. The highest BCUT2D eigenvalue weighted by atomic mass is 35.5. The summed E-state index contributed by atoms with van der Waals surface area (Å²) in [5.41, 5.74) is -1.84. The summed E-state index contributed by atoms with van der Waals surface area (Å²) in [4.78, 5) is 12.8. The number of nitrogens with one attached hydrogen (secondary N) is 1. The van der Waals surface area contributed by atoms with Crippen molar-refractivity contribution in [2.24, 2.45) is 11.8 Å². The average molecular weight is 524 g/mol. The summed E-state index contributed by atoms with van der Waals surface area (Å²) in [6.45, 7) is 4.39. The number of nitrogens with zero attached hydrogens (tertiary/aromatic N) is 2. The summed E-state index contributed by atoms with van der Waals surface area (Å²) < 4.78 is 80.6. The van der Waals surface area contributed by atoms with Crippen LogP contribution in [0.2, 0.25) is 5.02 Å². The van der Waals surface area contributed by atoms with Crippen LogP contribution in [0.4, 0.5) is 26.3 Å². The fourth-order valence-electron chi connectivity index (χ4n) is 4.40. The van der Waals surface area contributed by atoms with E-state index in [-0.39, 0.29) is 34.1 Å². The van der Waals surface area contributed by atoms with E-state index >= 15 is 0 Å². The Kier molecular flexibility index (Phi) is 8.44. The molecule has 11 heteroatoms. The monoisotopic (exact) mass is 523 g/mol. The van der Waals surface area contributed by atoms with E-state index in [2.05, 4.69) is 17.3 Å². The van der Waals surface area contributed by atoms with E-state index in [9.17, 15) is 31.1 Å². The second kappa shape index (κ2) is 10.8. The van der Waals surface area contributed by atoms with Gasteiger partial charge in [0.15, 0.2) is 5.69 Å². The molecule has 1 saturated carbocycles. The molecule has 0 bridgehead atoms. The van der Waals surface area contributed by atoms with Gasteiger partial charge in [0.25, 0.3) is 5.91 Å². The molecule has 1 aromatic heterocycles. The number of benzene rings is 1. The highest BCUT2D eigenvalue weighted by Crippen LogP contribution is 2.41. The average Bonchev–Trinajstić information content (AvgIpc) is 3.12. The van der Waals surface area contributed by atoms with Gasteiger partial charge in [-0.15, -0.1) is 0 Å². The van der Waals surface area contributed by atoms with Crippen molar-refractivity contribution in [3.8, 4) is 11.3 Å². The number of rotatable bonds is 7. The van der Waals surface area contributed by atoms with Crippen LogP contribution in [-0.4, -0.2) is 28.4 Å². The van der Waals surface area contributed by atoms with Gasteiger partial charge in [0.1, 0.15) is 0 Å². The van der Waals surface area contributed by atoms with E-state index in [4.69, 9.17) is 11.6 Å². The summed E-state index contributed by atoms with van der Waals surface area (Å²) in [5, 5.41) is 6.72. The quantitative estimate of drug-likeness (QED) is 0.387. The minimum absolute atomic E-state index is 0.0968. The highest BCUT2D eigenvalue weighted by molar-refractivity contribution is 6.36. The van der Waals surface area contributed by atoms with Crippen LogP contribution < -0.4 is 5.32 Å². The lowest BCUT2D eigenvalue weighted by molar-refractivity contribution is -0.137. The van der Waals surface area contributed by atoms with Gasteiger partial charge in [0.05, 0.1) is 16.3 Å². The predicted octanol–water partition coefficient (Wildman–Crippen LogP) is 7.29. The van der Waals surface area contributed by atoms with Gasteiger partial charge < -0.3 is 5.32 Å². The molecular formula is C24H28ClF6N3O. The fourth-order valence-corrected chi connectivity index (χ4v) is 4.72. The lowest BCUT2D eigenvalue weighted by Crippen LogP contribution is -2.31. The van der Waals surface area contributed by atoms with Crippen molar-refractivity contribution in [1.29, 1.82) is 0 Å². The van der Waals surface area contributed by atoms with Gasteiger partial charge in [-0.1, -0.05) is 43.5 Å². The van der Waals surface area contributed by atoms with Crippen LogP contribution in [0.25, 0.3) is 11.3 Å². The Morgan fingerprint density at radius 3 is 2.37 bits per heavy atom. The van der Waals surface area contributed by atoms with E-state index in [1.807, 2.05) is 0 Å². The number of carbonyl (C=O) groups excluding carboxylic acids is 1. The van der Waals surface area contributed by atoms with Gasteiger partial charge in [-0.2, -0.15) is 31.4 Å². The van der Waals surface area contributed by atoms with E-state index in [1.54, 1.807) is 6.92 Å². The van der Waals surface area contributed by atoms with Crippen LogP contribution in [-0.2, 0) is 19.1 Å². The molecule has 4 nitrogen and oxygen atoms in total. The van der Waals surface area contributed by atoms with E-state index < -0.39 is 36.7 Å². The number of amides is 1. The van der Waals surface area contributed by atoms with Gasteiger partial charge in [-0.25, -0.2) is 0 Å². The molecule has 1 heterocycles. The molecule has 0 saturated heterocycles. The van der Waals surface area contributed by atoms with Crippen molar-refractivity contribution in [2.75, 3.05) is 6.54 Å². The minimum atomic E-state index is -4.85. The Balaban J connectivity index is 1.90. The number of aromatic nitrogens is 2. The lowest BCUT2D eigenvalue weighted by atomic mass is 9.83. The molecule has 0 atom stereocenters. The van der Waals surface area contributed by atoms with Gasteiger partial charge in [-0.05, 0) is 49.7 Å².